The maximum Gasteiger partial charge on any atom is 0.0786 e. The van der Waals surface area contributed by atoms with E-state index in [0.29, 0.717) is 0 Å². The zero-order valence-electron chi connectivity index (χ0n) is 19.5. The molecule has 0 atom stereocenters. The summed E-state index contributed by atoms with van der Waals surface area (Å²) in [4.78, 5) is 0. The van der Waals surface area contributed by atoms with Crippen LogP contribution in [0.2, 0.25) is 0 Å². The molecule has 0 fully saturated rings. The van der Waals surface area contributed by atoms with Crippen LogP contribution in [-0.4, -0.2) is 34.9 Å². The van der Waals surface area contributed by atoms with Gasteiger partial charge in [0.05, 0.1) is 26.2 Å². The Kier molecular flexibility index (Phi) is 24.6. The summed E-state index contributed by atoms with van der Waals surface area (Å²) in [6.45, 7) is 17.2. The fourth-order valence-electron chi connectivity index (χ4n) is 3.52. The average Bonchev–Trinajstić information content (AvgIpc) is 2.67. The molecule has 0 spiro atoms. The van der Waals surface area contributed by atoms with Crippen LogP contribution in [0, 0.1) is 0 Å². The molecule has 3 heteroatoms. The third-order valence-electron chi connectivity index (χ3n) is 5.43. The number of nitrogens with zero attached hydrogens (tertiary/aromatic N) is 1. The van der Waals surface area contributed by atoms with Gasteiger partial charge in [0, 0.05) is 0 Å². The van der Waals surface area contributed by atoms with E-state index in [0.717, 1.165) is 10.6 Å². The number of unbranched alkanes of at least 4 members (excludes halogenated alkanes) is 8. The summed E-state index contributed by atoms with van der Waals surface area (Å²) in [6, 6.07) is 0. The highest BCUT2D eigenvalue weighted by Crippen LogP contribution is 2.16. The topological polar surface area (TPSA) is 0 Å². The number of quaternary nitrogens is 1. The van der Waals surface area contributed by atoms with Crippen molar-refractivity contribution < 1.29 is 4.48 Å². The normalized spacial score (nSPS) is 11.1. The monoisotopic (exact) mass is 417 g/mol. The van der Waals surface area contributed by atoms with Gasteiger partial charge in [-0.3, -0.25) is 0 Å². The molecule has 0 aliphatic heterocycles. The number of hydrogen-bond acceptors (Lipinski definition) is 2. The summed E-state index contributed by atoms with van der Waals surface area (Å²) >= 11 is 9.58. The van der Waals surface area contributed by atoms with Crippen molar-refractivity contribution in [1.29, 1.82) is 0 Å². The molecular weight excluding hydrogens is 366 g/mol. The largest absolute Gasteiger partial charge is 0.433 e. The Hall–Kier alpha value is 0.270. The SMILES string of the molecule is CCCCCCCC(=S)[S-].CCCC[N+](CCCC)(CCCC)CCCC. The van der Waals surface area contributed by atoms with E-state index in [1.165, 1.54) is 114 Å². The van der Waals surface area contributed by atoms with Gasteiger partial charge < -0.3 is 29.3 Å². The van der Waals surface area contributed by atoms with Crippen LogP contribution in [0.3, 0.4) is 0 Å². The average molecular weight is 418 g/mol. The van der Waals surface area contributed by atoms with Gasteiger partial charge in [-0.2, -0.15) is 4.20 Å². The van der Waals surface area contributed by atoms with Crippen molar-refractivity contribution in [3.63, 3.8) is 0 Å². The molecule has 0 aliphatic carbocycles. The summed E-state index contributed by atoms with van der Waals surface area (Å²) < 4.78 is 2.17. The lowest BCUT2D eigenvalue weighted by atomic mass is 10.1. The standard InChI is InChI=1S/C16H36N.C8H16S2/c1-5-9-13-17(14-10-6-2,15-11-7-3)16-12-8-4;1-2-3-4-5-6-7-8(9)10/h5-16H2,1-4H3;2-7H2,1H3,(H,9,10)/q+1;/p-1. The highest BCUT2D eigenvalue weighted by atomic mass is 32.1. The predicted molar refractivity (Wildman–Crippen MR) is 133 cm³/mol. The van der Waals surface area contributed by atoms with Gasteiger partial charge in [0.1, 0.15) is 0 Å². The molecular formula is C24H51NS2. The minimum atomic E-state index is 0.747. The Balaban J connectivity index is 0. The molecule has 27 heavy (non-hydrogen) atoms. The molecule has 0 saturated carbocycles. The molecule has 0 aromatic carbocycles. The molecule has 164 valence electrons. The van der Waals surface area contributed by atoms with Crippen molar-refractivity contribution in [1.82, 2.24) is 0 Å². The molecule has 0 aromatic heterocycles. The second-order valence-electron chi connectivity index (χ2n) is 8.19. The molecule has 0 radical (unpaired) electrons. The van der Waals surface area contributed by atoms with Crippen molar-refractivity contribution in [3.05, 3.63) is 0 Å². The van der Waals surface area contributed by atoms with Gasteiger partial charge in [-0.25, -0.2) is 0 Å². The second kappa shape index (κ2) is 22.6. The third-order valence-corrected chi connectivity index (χ3v) is 5.84. The fraction of sp³-hybridized carbons (Fsp3) is 0.958. The predicted octanol–water partition coefficient (Wildman–Crippen LogP) is 8.22. The maximum absolute atomic E-state index is 4.79. The van der Waals surface area contributed by atoms with Gasteiger partial charge in [0.25, 0.3) is 0 Å². The van der Waals surface area contributed by atoms with E-state index in [1.54, 1.807) is 0 Å². The summed E-state index contributed by atoms with van der Waals surface area (Å²) in [7, 11) is 0. The lowest BCUT2D eigenvalue weighted by molar-refractivity contribution is -0.929. The molecule has 1 nitrogen and oxygen atoms in total. The van der Waals surface area contributed by atoms with Crippen LogP contribution in [0.1, 0.15) is 125 Å². The van der Waals surface area contributed by atoms with Gasteiger partial charge in [0.2, 0.25) is 0 Å². The number of thiocarbonyl (C=S) groups is 1. The summed E-state index contributed by atoms with van der Waals surface area (Å²) in [5.74, 6) is 0. The van der Waals surface area contributed by atoms with E-state index in [4.69, 9.17) is 24.8 Å². The van der Waals surface area contributed by atoms with Gasteiger partial charge in [-0.15, -0.1) is 0 Å². The van der Waals surface area contributed by atoms with Crippen LogP contribution < -0.4 is 0 Å². The van der Waals surface area contributed by atoms with Gasteiger partial charge in [-0.1, -0.05) is 92.4 Å². The van der Waals surface area contributed by atoms with Crippen LogP contribution in [0.5, 0.6) is 0 Å². The van der Waals surface area contributed by atoms with Crippen LogP contribution in [-0.2, 0) is 12.6 Å². The number of rotatable bonds is 18. The zero-order chi connectivity index (χ0) is 20.8. The van der Waals surface area contributed by atoms with Crippen molar-refractivity contribution in [2.75, 3.05) is 26.2 Å². The quantitative estimate of drug-likeness (QED) is 0.0953. The molecule has 0 N–H and O–H groups in total. The van der Waals surface area contributed by atoms with Crippen LogP contribution in [0.4, 0.5) is 0 Å². The van der Waals surface area contributed by atoms with Crippen molar-refractivity contribution in [3.8, 4) is 0 Å². The van der Waals surface area contributed by atoms with Gasteiger partial charge in [-0.05, 0) is 32.1 Å². The van der Waals surface area contributed by atoms with Crippen LogP contribution in [0.25, 0.3) is 0 Å². The molecule has 0 bridgehead atoms. The third kappa shape index (κ3) is 20.8. The van der Waals surface area contributed by atoms with Gasteiger partial charge in [0.15, 0.2) is 0 Å². The van der Waals surface area contributed by atoms with Crippen molar-refractivity contribution in [2.24, 2.45) is 0 Å². The second-order valence-corrected chi connectivity index (χ2v) is 9.43. The van der Waals surface area contributed by atoms with Gasteiger partial charge >= 0.3 is 0 Å². The molecule has 0 aromatic rings. The van der Waals surface area contributed by atoms with E-state index in [2.05, 4.69) is 34.6 Å². The van der Waals surface area contributed by atoms with E-state index in [-0.39, 0.29) is 0 Å². The Morgan fingerprint density at radius 1 is 0.556 bits per heavy atom. The molecule has 0 aliphatic rings. The first-order valence-electron chi connectivity index (χ1n) is 12.1. The molecule has 0 amide bonds. The molecule has 0 rings (SSSR count). The minimum Gasteiger partial charge on any atom is -0.433 e. The van der Waals surface area contributed by atoms with E-state index in [1.807, 2.05) is 0 Å². The van der Waals surface area contributed by atoms with E-state index < -0.39 is 0 Å². The molecule has 0 heterocycles. The Labute approximate surface area is 184 Å². The molecule has 0 saturated heterocycles. The van der Waals surface area contributed by atoms with Crippen LogP contribution >= 0.6 is 12.2 Å². The van der Waals surface area contributed by atoms with Crippen molar-refractivity contribution >= 4 is 29.0 Å². The highest BCUT2D eigenvalue weighted by Gasteiger charge is 2.24. The first-order chi connectivity index (χ1) is 13.0. The Morgan fingerprint density at radius 2 is 0.889 bits per heavy atom. The summed E-state index contributed by atoms with van der Waals surface area (Å²) in [6.07, 6.45) is 18.5. The van der Waals surface area contributed by atoms with E-state index in [9.17, 15) is 0 Å². The molecule has 0 unspecified atom stereocenters. The maximum atomic E-state index is 4.79. The summed E-state index contributed by atoms with van der Waals surface area (Å²) in [5, 5.41) is 0. The first-order valence-corrected chi connectivity index (χ1v) is 12.9. The van der Waals surface area contributed by atoms with Crippen molar-refractivity contribution in [2.45, 2.75) is 125 Å². The van der Waals surface area contributed by atoms with E-state index >= 15 is 0 Å². The Bertz CT molecular complexity index is 267. The summed E-state index contributed by atoms with van der Waals surface area (Å²) in [5.41, 5.74) is 0. The smallest absolute Gasteiger partial charge is 0.0786 e. The Morgan fingerprint density at radius 3 is 1.19 bits per heavy atom. The lowest BCUT2D eigenvalue weighted by Gasteiger charge is -2.39. The number of hydrogen-bond donors (Lipinski definition) is 0. The zero-order valence-corrected chi connectivity index (χ0v) is 21.1. The first kappa shape index (κ1) is 29.5. The fourth-order valence-corrected chi connectivity index (χ4v) is 3.81. The van der Waals surface area contributed by atoms with Crippen LogP contribution in [0.15, 0.2) is 0 Å². The minimum absolute atomic E-state index is 0.747. The lowest BCUT2D eigenvalue weighted by Crippen LogP contribution is -2.50. The highest BCUT2D eigenvalue weighted by molar-refractivity contribution is 8.00.